The van der Waals surface area contributed by atoms with E-state index in [0.29, 0.717) is 19.7 Å². The number of hydrogen-bond donors (Lipinski definition) is 1. The van der Waals surface area contributed by atoms with E-state index < -0.39 is 0 Å². The van der Waals surface area contributed by atoms with E-state index in [0.717, 1.165) is 28.6 Å². The fraction of sp³-hybridized carbons (Fsp3) is 0.381. The lowest BCUT2D eigenvalue weighted by atomic mass is 10.1. The molecule has 7 heteroatoms. The van der Waals surface area contributed by atoms with Crippen molar-refractivity contribution in [3.05, 3.63) is 59.2 Å². The lowest BCUT2D eigenvalue weighted by molar-refractivity contribution is 0.185. The highest BCUT2D eigenvalue weighted by atomic mass is 127. The van der Waals surface area contributed by atoms with Crippen LogP contribution in [0.25, 0.3) is 0 Å². The maximum absolute atomic E-state index is 5.49. The first-order chi connectivity index (χ1) is 13.1. The summed E-state index contributed by atoms with van der Waals surface area (Å²) in [4.78, 5) is 6.45. The minimum atomic E-state index is 0. The van der Waals surface area contributed by atoms with Gasteiger partial charge in [-0.05, 0) is 23.3 Å². The van der Waals surface area contributed by atoms with Crippen LogP contribution in [0, 0.1) is 0 Å². The molecule has 0 unspecified atom stereocenters. The van der Waals surface area contributed by atoms with Crippen molar-refractivity contribution < 1.29 is 14.2 Å². The Hall–Kier alpha value is -2.00. The van der Waals surface area contributed by atoms with E-state index in [1.807, 2.05) is 31.3 Å². The summed E-state index contributed by atoms with van der Waals surface area (Å²) < 4.78 is 15.9. The molecule has 2 aromatic rings. The Morgan fingerprint density at radius 1 is 1.04 bits per heavy atom. The molecule has 154 valence electrons. The van der Waals surface area contributed by atoms with Gasteiger partial charge in [-0.2, -0.15) is 0 Å². The van der Waals surface area contributed by atoms with Crippen LogP contribution >= 0.6 is 24.0 Å². The Kier molecular flexibility index (Phi) is 10.7. The zero-order valence-electron chi connectivity index (χ0n) is 17.2. The van der Waals surface area contributed by atoms with Crippen molar-refractivity contribution in [3.63, 3.8) is 0 Å². The van der Waals surface area contributed by atoms with Gasteiger partial charge in [-0.3, -0.25) is 4.99 Å². The van der Waals surface area contributed by atoms with Gasteiger partial charge < -0.3 is 24.4 Å². The summed E-state index contributed by atoms with van der Waals surface area (Å²) in [5, 5.41) is 3.40. The van der Waals surface area contributed by atoms with Gasteiger partial charge >= 0.3 is 0 Å². The van der Waals surface area contributed by atoms with Gasteiger partial charge in [-0.15, -0.1) is 24.0 Å². The zero-order valence-corrected chi connectivity index (χ0v) is 19.5. The summed E-state index contributed by atoms with van der Waals surface area (Å²) in [5.74, 6) is 2.38. The summed E-state index contributed by atoms with van der Waals surface area (Å²) in [6, 6.07) is 14.2. The van der Waals surface area contributed by atoms with E-state index in [1.54, 1.807) is 28.4 Å². The van der Waals surface area contributed by atoms with E-state index in [2.05, 4.69) is 33.4 Å². The largest absolute Gasteiger partial charge is 0.497 e. The van der Waals surface area contributed by atoms with Crippen molar-refractivity contribution in [1.29, 1.82) is 0 Å². The number of aliphatic imine (C=N–C) groups is 1. The molecular formula is C21H30IN3O3. The normalized spacial score (nSPS) is 10.8. The van der Waals surface area contributed by atoms with Crippen molar-refractivity contribution in [3.8, 4) is 11.5 Å². The number of ether oxygens (including phenoxy) is 3. The molecule has 0 amide bonds. The van der Waals surface area contributed by atoms with Crippen LogP contribution in [0.15, 0.2) is 47.5 Å². The van der Waals surface area contributed by atoms with E-state index in [9.17, 15) is 0 Å². The first-order valence-corrected chi connectivity index (χ1v) is 8.80. The number of rotatable bonds is 8. The second-order valence-corrected chi connectivity index (χ2v) is 6.19. The molecule has 0 saturated carbocycles. The number of nitrogens with zero attached hydrogens (tertiary/aromatic N) is 2. The van der Waals surface area contributed by atoms with Crippen molar-refractivity contribution in [1.82, 2.24) is 10.2 Å². The van der Waals surface area contributed by atoms with Crippen molar-refractivity contribution in [2.75, 3.05) is 35.4 Å². The zero-order chi connectivity index (χ0) is 19.6. The first-order valence-electron chi connectivity index (χ1n) is 8.80. The van der Waals surface area contributed by atoms with Crippen molar-refractivity contribution in [2.45, 2.75) is 19.7 Å². The minimum Gasteiger partial charge on any atom is -0.497 e. The van der Waals surface area contributed by atoms with E-state index in [-0.39, 0.29) is 24.0 Å². The second kappa shape index (κ2) is 12.5. The minimum absolute atomic E-state index is 0. The number of methoxy groups -OCH3 is 3. The van der Waals surface area contributed by atoms with Crippen LogP contribution in [0.5, 0.6) is 11.5 Å². The molecule has 0 bridgehead atoms. The summed E-state index contributed by atoms with van der Waals surface area (Å²) in [5.41, 5.74) is 3.40. The summed E-state index contributed by atoms with van der Waals surface area (Å²) in [7, 11) is 8.80. The molecule has 0 atom stereocenters. The van der Waals surface area contributed by atoms with Crippen molar-refractivity contribution >= 4 is 29.9 Å². The fourth-order valence-corrected chi connectivity index (χ4v) is 2.87. The number of benzene rings is 2. The SMILES string of the molecule is CN=C(NCc1cccc(COC)c1)N(C)Cc1ccc(OC)cc1OC.I. The summed E-state index contributed by atoms with van der Waals surface area (Å²) in [6.45, 7) is 1.96. The summed E-state index contributed by atoms with van der Waals surface area (Å²) in [6.07, 6.45) is 0. The van der Waals surface area contributed by atoms with Gasteiger partial charge in [0, 0.05) is 45.9 Å². The second-order valence-electron chi connectivity index (χ2n) is 6.19. The Morgan fingerprint density at radius 2 is 1.79 bits per heavy atom. The molecule has 0 aliphatic rings. The highest BCUT2D eigenvalue weighted by Gasteiger charge is 2.11. The van der Waals surface area contributed by atoms with Crippen LogP contribution < -0.4 is 14.8 Å². The van der Waals surface area contributed by atoms with Gasteiger partial charge in [0.2, 0.25) is 0 Å². The van der Waals surface area contributed by atoms with Crippen LogP contribution in [0.3, 0.4) is 0 Å². The maximum Gasteiger partial charge on any atom is 0.193 e. The van der Waals surface area contributed by atoms with Crippen molar-refractivity contribution in [2.24, 2.45) is 4.99 Å². The molecule has 0 spiro atoms. The molecular weight excluding hydrogens is 469 g/mol. The third-order valence-corrected chi connectivity index (χ3v) is 4.23. The molecule has 28 heavy (non-hydrogen) atoms. The van der Waals surface area contributed by atoms with Gasteiger partial charge in [0.25, 0.3) is 0 Å². The average molecular weight is 499 g/mol. The fourth-order valence-electron chi connectivity index (χ4n) is 2.87. The molecule has 0 aliphatic carbocycles. The average Bonchev–Trinajstić information content (AvgIpc) is 2.69. The smallest absolute Gasteiger partial charge is 0.193 e. The van der Waals surface area contributed by atoms with Crippen LogP contribution in [0.2, 0.25) is 0 Å². The van der Waals surface area contributed by atoms with Crippen LogP contribution in [-0.4, -0.2) is 46.3 Å². The Labute approximate surface area is 184 Å². The molecule has 0 radical (unpaired) electrons. The van der Waals surface area contributed by atoms with Gasteiger partial charge in [-0.25, -0.2) is 0 Å². The molecule has 2 aromatic carbocycles. The third-order valence-electron chi connectivity index (χ3n) is 4.23. The standard InChI is InChI=1S/C21H29N3O3.HI/c1-22-21(23-13-16-7-6-8-17(11-16)15-25-3)24(2)14-18-9-10-19(26-4)12-20(18)27-5;/h6-12H,13-15H2,1-5H3,(H,22,23);1H. The lowest BCUT2D eigenvalue weighted by Crippen LogP contribution is -2.38. The highest BCUT2D eigenvalue weighted by Crippen LogP contribution is 2.25. The first kappa shape index (κ1) is 24.0. The lowest BCUT2D eigenvalue weighted by Gasteiger charge is -2.23. The van der Waals surface area contributed by atoms with Gasteiger partial charge in [0.1, 0.15) is 11.5 Å². The molecule has 6 nitrogen and oxygen atoms in total. The monoisotopic (exact) mass is 499 g/mol. The van der Waals surface area contributed by atoms with E-state index in [4.69, 9.17) is 14.2 Å². The number of halogens is 1. The molecule has 0 aromatic heterocycles. The number of nitrogens with one attached hydrogen (secondary N) is 1. The topological polar surface area (TPSA) is 55.3 Å². The Bertz CT molecular complexity index is 768. The quantitative estimate of drug-likeness (QED) is 0.341. The molecule has 0 aliphatic heterocycles. The molecule has 0 fully saturated rings. The molecule has 0 saturated heterocycles. The Morgan fingerprint density at radius 3 is 2.43 bits per heavy atom. The molecule has 1 N–H and O–H groups in total. The van der Waals surface area contributed by atoms with E-state index >= 15 is 0 Å². The third kappa shape index (κ3) is 6.87. The number of hydrogen-bond acceptors (Lipinski definition) is 4. The van der Waals surface area contributed by atoms with Gasteiger partial charge in [0.05, 0.1) is 20.8 Å². The predicted octanol–water partition coefficient (Wildman–Crippen LogP) is 3.68. The molecule has 0 heterocycles. The Balaban J connectivity index is 0.00000392. The van der Waals surface area contributed by atoms with Crippen LogP contribution in [0.1, 0.15) is 16.7 Å². The van der Waals surface area contributed by atoms with Crippen LogP contribution in [-0.2, 0) is 24.4 Å². The van der Waals surface area contributed by atoms with Gasteiger partial charge in [-0.1, -0.05) is 24.3 Å². The molecule has 2 rings (SSSR count). The van der Waals surface area contributed by atoms with Gasteiger partial charge in [0.15, 0.2) is 5.96 Å². The van der Waals surface area contributed by atoms with Crippen LogP contribution in [0.4, 0.5) is 0 Å². The predicted molar refractivity (Wildman–Crippen MR) is 124 cm³/mol. The maximum atomic E-state index is 5.49. The number of guanidine groups is 1. The summed E-state index contributed by atoms with van der Waals surface area (Å²) >= 11 is 0. The highest BCUT2D eigenvalue weighted by molar-refractivity contribution is 14.0. The van der Waals surface area contributed by atoms with E-state index in [1.165, 1.54) is 5.56 Å².